The molecule has 1 aromatic rings. The van der Waals surface area contributed by atoms with Gasteiger partial charge in [0.15, 0.2) is 11.5 Å². The van der Waals surface area contributed by atoms with Gasteiger partial charge in [-0.25, -0.2) is 0 Å². The molecule has 0 aromatic heterocycles. The third-order valence-electron chi connectivity index (χ3n) is 4.19. The molecule has 1 fully saturated rings. The molecule has 1 aromatic carbocycles. The largest absolute Gasteiger partial charge is 0.504 e. The lowest BCUT2D eigenvalue weighted by atomic mass is 9.69. The van der Waals surface area contributed by atoms with Gasteiger partial charge in [-0.15, -0.1) is 0 Å². The molecule has 0 radical (unpaired) electrons. The minimum atomic E-state index is -1.08. The van der Waals surface area contributed by atoms with Gasteiger partial charge in [0.1, 0.15) is 0 Å². The smallest absolute Gasteiger partial charge is 0.314 e. The van der Waals surface area contributed by atoms with E-state index >= 15 is 0 Å². The summed E-state index contributed by atoms with van der Waals surface area (Å²) in [5.74, 6) is -0.540. The van der Waals surface area contributed by atoms with Crippen LogP contribution in [0.15, 0.2) is 10.5 Å². The fourth-order valence-electron chi connectivity index (χ4n) is 3.13. The van der Waals surface area contributed by atoms with Gasteiger partial charge >= 0.3 is 5.97 Å². The van der Waals surface area contributed by atoms with Crippen molar-refractivity contribution < 1.29 is 24.5 Å². The summed E-state index contributed by atoms with van der Waals surface area (Å²) in [6.45, 7) is 0. The number of aliphatic carboxylic acids is 1. The first-order valence-electron chi connectivity index (χ1n) is 6.85. The van der Waals surface area contributed by atoms with E-state index in [-0.39, 0.29) is 11.5 Å². The second kappa shape index (κ2) is 6.13. The van der Waals surface area contributed by atoms with E-state index in [4.69, 9.17) is 9.47 Å². The summed E-state index contributed by atoms with van der Waals surface area (Å²) in [4.78, 5) is 11.9. The van der Waals surface area contributed by atoms with Crippen molar-refractivity contribution in [1.82, 2.24) is 0 Å². The lowest BCUT2D eigenvalue weighted by Gasteiger charge is -2.35. The molecule has 1 saturated carbocycles. The van der Waals surface area contributed by atoms with Crippen LogP contribution in [-0.2, 0) is 10.2 Å². The van der Waals surface area contributed by atoms with Crippen LogP contribution in [0.25, 0.3) is 0 Å². The summed E-state index contributed by atoms with van der Waals surface area (Å²) in [7, 11) is 2.89. The number of carboxylic acid groups (broad SMARTS) is 1. The molecule has 2 rings (SSSR count). The molecule has 0 bridgehead atoms. The molecule has 5 nitrogen and oxygen atoms in total. The van der Waals surface area contributed by atoms with Crippen molar-refractivity contribution in [2.45, 2.75) is 37.5 Å². The molecule has 0 spiro atoms. The number of hydrogen-bond donors (Lipinski definition) is 2. The molecular weight excluding hydrogens is 340 g/mol. The van der Waals surface area contributed by atoms with Crippen LogP contribution in [-0.4, -0.2) is 30.4 Å². The minimum Gasteiger partial charge on any atom is -0.504 e. The number of carbonyl (C=O) groups is 1. The Bertz CT molecular complexity index is 549. The van der Waals surface area contributed by atoms with Crippen molar-refractivity contribution in [2.75, 3.05) is 14.2 Å². The van der Waals surface area contributed by atoms with E-state index in [1.165, 1.54) is 14.2 Å². The number of hydrogen-bond acceptors (Lipinski definition) is 4. The molecular formula is C15H19BrO5. The van der Waals surface area contributed by atoms with Gasteiger partial charge < -0.3 is 19.7 Å². The first-order valence-corrected chi connectivity index (χ1v) is 7.64. The van der Waals surface area contributed by atoms with Crippen LogP contribution in [0.1, 0.15) is 37.7 Å². The van der Waals surface area contributed by atoms with E-state index in [1.807, 2.05) is 0 Å². The molecule has 1 aliphatic rings. The summed E-state index contributed by atoms with van der Waals surface area (Å²) in [5.41, 5.74) is -0.701. The van der Waals surface area contributed by atoms with Crippen molar-refractivity contribution in [2.24, 2.45) is 0 Å². The number of phenols is 1. The first-order chi connectivity index (χ1) is 9.97. The van der Waals surface area contributed by atoms with Gasteiger partial charge in [-0.05, 0) is 18.9 Å². The molecule has 0 amide bonds. The van der Waals surface area contributed by atoms with Crippen molar-refractivity contribution in [1.29, 1.82) is 0 Å². The zero-order valence-corrected chi connectivity index (χ0v) is 13.7. The normalized spacial score (nSPS) is 17.3. The Morgan fingerprint density at radius 2 is 1.86 bits per heavy atom. The summed E-state index contributed by atoms with van der Waals surface area (Å²) >= 11 is 3.38. The van der Waals surface area contributed by atoms with Crippen molar-refractivity contribution in [3.05, 3.63) is 16.1 Å². The van der Waals surface area contributed by atoms with Gasteiger partial charge in [0.2, 0.25) is 5.75 Å². The molecule has 116 valence electrons. The minimum absolute atomic E-state index is 0.159. The fourth-order valence-corrected chi connectivity index (χ4v) is 3.90. The van der Waals surface area contributed by atoms with Crippen LogP contribution >= 0.6 is 15.9 Å². The second-order valence-corrected chi connectivity index (χ2v) is 6.12. The number of carboxylic acids is 1. The van der Waals surface area contributed by atoms with Crippen LogP contribution in [0, 0.1) is 0 Å². The van der Waals surface area contributed by atoms with E-state index in [1.54, 1.807) is 6.07 Å². The Morgan fingerprint density at radius 3 is 2.33 bits per heavy atom. The molecule has 2 N–H and O–H groups in total. The zero-order chi connectivity index (χ0) is 15.6. The van der Waals surface area contributed by atoms with Gasteiger partial charge in [0.25, 0.3) is 0 Å². The van der Waals surface area contributed by atoms with E-state index in [2.05, 4.69) is 15.9 Å². The molecule has 1 aliphatic carbocycles. The number of ether oxygens (including phenoxy) is 2. The number of aromatic hydroxyl groups is 1. The third kappa shape index (κ3) is 2.57. The predicted octanol–water partition coefficient (Wildman–Crippen LogP) is 3.46. The summed E-state index contributed by atoms with van der Waals surface area (Å²) in [5, 5.41) is 20.3. The second-order valence-electron chi connectivity index (χ2n) is 5.27. The molecule has 0 atom stereocenters. The van der Waals surface area contributed by atoms with Gasteiger partial charge in [0, 0.05) is 10.0 Å². The summed E-state index contributed by atoms with van der Waals surface area (Å²) < 4.78 is 10.9. The highest BCUT2D eigenvalue weighted by molar-refractivity contribution is 9.10. The molecule has 0 saturated heterocycles. The Labute approximate surface area is 132 Å². The number of rotatable bonds is 4. The standard InChI is InChI=1S/C15H19BrO5/c1-20-10-8-9(16)11(12(17)13(10)21-2)15(14(18)19)6-4-3-5-7-15/h8,17H,3-7H2,1-2H3,(H,18,19). The first kappa shape index (κ1) is 15.9. The predicted molar refractivity (Wildman–Crippen MR) is 81.3 cm³/mol. The van der Waals surface area contributed by atoms with Gasteiger partial charge in [-0.1, -0.05) is 35.2 Å². The highest BCUT2D eigenvalue weighted by atomic mass is 79.9. The van der Waals surface area contributed by atoms with E-state index in [9.17, 15) is 15.0 Å². The lowest BCUT2D eigenvalue weighted by Crippen LogP contribution is -2.38. The molecule has 0 heterocycles. The van der Waals surface area contributed by atoms with Gasteiger partial charge in [-0.3, -0.25) is 4.79 Å². The lowest BCUT2D eigenvalue weighted by molar-refractivity contribution is -0.145. The zero-order valence-electron chi connectivity index (χ0n) is 12.1. The van der Waals surface area contributed by atoms with Crippen molar-refractivity contribution in [3.8, 4) is 17.2 Å². The highest BCUT2D eigenvalue weighted by Crippen LogP contribution is 2.52. The van der Waals surface area contributed by atoms with Crippen LogP contribution in [0.2, 0.25) is 0 Å². The SMILES string of the molecule is COc1cc(Br)c(C2(C(=O)O)CCCCC2)c(O)c1OC. The van der Waals surface area contributed by atoms with Crippen molar-refractivity contribution >= 4 is 21.9 Å². The molecule has 6 heteroatoms. The van der Waals surface area contributed by atoms with Gasteiger partial charge in [0.05, 0.1) is 19.6 Å². The van der Waals surface area contributed by atoms with Crippen LogP contribution in [0.5, 0.6) is 17.2 Å². The maximum absolute atomic E-state index is 11.9. The van der Waals surface area contributed by atoms with Gasteiger partial charge in [-0.2, -0.15) is 0 Å². The van der Waals surface area contributed by atoms with E-state index in [0.29, 0.717) is 28.6 Å². The maximum Gasteiger partial charge on any atom is 0.314 e. The fraction of sp³-hybridized carbons (Fsp3) is 0.533. The van der Waals surface area contributed by atoms with Crippen LogP contribution in [0.4, 0.5) is 0 Å². The Morgan fingerprint density at radius 1 is 1.24 bits per heavy atom. The van der Waals surface area contributed by atoms with Crippen LogP contribution < -0.4 is 9.47 Å². The Kier molecular flexibility index (Phi) is 4.66. The third-order valence-corrected chi connectivity index (χ3v) is 4.82. The highest BCUT2D eigenvalue weighted by Gasteiger charge is 2.45. The number of phenolic OH excluding ortho intramolecular Hbond substituents is 1. The van der Waals surface area contributed by atoms with Crippen LogP contribution in [0.3, 0.4) is 0 Å². The number of halogens is 1. The van der Waals surface area contributed by atoms with E-state index < -0.39 is 11.4 Å². The quantitative estimate of drug-likeness (QED) is 0.861. The summed E-state index contributed by atoms with van der Waals surface area (Å²) in [6, 6.07) is 1.65. The maximum atomic E-state index is 11.9. The number of methoxy groups -OCH3 is 2. The Balaban J connectivity index is 2.69. The molecule has 0 aliphatic heterocycles. The molecule has 0 unspecified atom stereocenters. The summed E-state index contributed by atoms with van der Waals surface area (Å²) in [6.07, 6.45) is 3.67. The average Bonchev–Trinajstić information content (AvgIpc) is 2.47. The monoisotopic (exact) mass is 358 g/mol. The van der Waals surface area contributed by atoms with Crippen molar-refractivity contribution in [3.63, 3.8) is 0 Å². The molecule has 21 heavy (non-hydrogen) atoms. The van der Waals surface area contributed by atoms with E-state index in [0.717, 1.165) is 19.3 Å². The number of benzene rings is 1. The average molecular weight is 359 g/mol. The Hall–Kier alpha value is -1.43. The topological polar surface area (TPSA) is 76.0 Å².